The third-order valence-electron chi connectivity index (χ3n) is 8.33. The van der Waals surface area contributed by atoms with Gasteiger partial charge < -0.3 is 4.90 Å². The third kappa shape index (κ3) is 7.14. The van der Waals surface area contributed by atoms with Gasteiger partial charge in [0, 0.05) is 0 Å². The molecule has 0 radical (unpaired) electrons. The molecule has 0 bridgehead atoms. The molecule has 0 unspecified atom stereocenters. The van der Waals surface area contributed by atoms with Crippen molar-refractivity contribution in [3.8, 4) is 0 Å². The molecule has 5 aromatic rings. The Hall–Kier alpha value is -3.41. The van der Waals surface area contributed by atoms with E-state index in [2.05, 4.69) is 167 Å². The van der Waals surface area contributed by atoms with E-state index in [-0.39, 0.29) is 0 Å². The van der Waals surface area contributed by atoms with Crippen LogP contribution < -0.4 is 22.6 Å². The van der Waals surface area contributed by atoms with Gasteiger partial charge in [-0.25, -0.2) is 17.7 Å². The molecule has 42 heavy (non-hydrogen) atoms. The van der Waals surface area contributed by atoms with Crippen LogP contribution in [-0.4, -0.2) is 27.2 Å². The molecule has 0 saturated heterocycles. The Labute approximate surface area is 257 Å². The van der Waals surface area contributed by atoms with Crippen molar-refractivity contribution in [3.63, 3.8) is 0 Å². The number of nitrogens with one attached hydrogen (secondary N) is 1. The largest absolute Gasteiger partial charge is 0.307 e. The van der Waals surface area contributed by atoms with E-state index < -0.39 is 13.1 Å². The molecule has 0 aliphatic heterocycles. The first-order chi connectivity index (χ1) is 19.9. The smallest absolute Gasteiger partial charge is 0.267 e. The van der Waals surface area contributed by atoms with Crippen molar-refractivity contribution in [1.82, 2.24) is 0 Å². The zero-order valence-corrected chi connectivity index (χ0v) is 28.5. The molecule has 5 rings (SSSR count). The molecule has 1 N–H and O–H groups in total. The van der Waals surface area contributed by atoms with Crippen LogP contribution in [0.15, 0.2) is 103 Å². The number of hydrogen-bond donors (Lipinski definition) is 1. The van der Waals surface area contributed by atoms with E-state index in [0.29, 0.717) is 0 Å². The first-order valence-corrected chi connectivity index (χ1v) is 17.6. The Morgan fingerprint density at radius 1 is 0.357 bits per heavy atom. The molecule has 1 nitrogen and oxygen atoms in total. The maximum Gasteiger partial charge on any atom is 0.267 e. The maximum atomic E-state index is 2.46. The summed E-state index contributed by atoms with van der Waals surface area (Å²) in [6.45, 7) is 17.9. The van der Waals surface area contributed by atoms with Crippen LogP contribution in [0, 0.1) is 55.4 Å². The summed E-state index contributed by atoms with van der Waals surface area (Å²) in [6, 6.07) is 39.3. The Balaban J connectivity index is 0.000000385. The fourth-order valence-corrected chi connectivity index (χ4v) is 13.4. The van der Waals surface area contributed by atoms with Crippen molar-refractivity contribution in [1.29, 1.82) is 0 Å². The first kappa shape index (κ1) is 31.5. The molecule has 0 saturated carbocycles. The molecule has 2 heteroatoms. The van der Waals surface area contributed by atoms with Crippen LogP contribution >= 0.6 is 0 Å². The fourth-order valence-electron chi connectivity index (χ4n) is 6.97. The van der Waals surface area contributed by atoms with Gasteiger partial charge in [-0.15, -0.1) is 48.5 Å². The predicted octanol–water partition coefficient (Wildman–Crippen LogP) is 5.99. The van der Waals surface area contributed by atoms with E-state index in [1.165, 1.54) is 72.8 Å². The van der Waals surface area contributed by atoms with Gasteiger partial charge in [0.15, 0.2) is 0 Å². The first-order valence-electron chi connectivity index (χ1n) is 15.2. The highest BCUT2D eigenvalue weighted by Gasteiger charge is 2.37. The molecule has 0 amide bonds. The molecule has 5 aromatic carbocycles. The van der Waals surface area contributed by atoms with Gasteiger partial charge in [0.2, 0.25) is 0 Å². The minimum absolute atomic E-state index is 1.33. The number of benzene rings is 5. The average molecular weight is 570 g/mol. The predicted molar refractivity (Wildman–Crippen MR) is 187 cm³/mol. The van der Waals surface area contributed by atoms with Gasteiger partial charge >= 0.3 is 0 Å². The van der Waals surface area contributed by atoms with Crippen LogP contribution in [0.25, 0.3) is 0 Å². The standard InChI is InChI=1S/C8H11N.4C8H9.Al/c1-9(2)8-6-4-3-5-7-8;4*1-7-4-3-5-8(2)6-7;/h3-7H,1-2H3;4*4-6H,1-2H3;/q;;;;;-1/p+1. The highest BCUT2D eigenvalue weighted by molar-refractivity contribution is 7.20. The molecular weight excluding hydrogens is 521 g/mol. The van der Waals surface area contributed by atoms with Crippen LogP contribution in [0.4, 0.5) is 5.69 Å². The summed E-state index contributed by atoms with van der Waals surface area (Å²) in [5.41, 5.74) is 12.1. The van der Waals surface area contributed by atoms with Gasteiger partial charge in [0.25, 0.3) is 13.1 Å². The molecule has 216 valence electrons. The second-order valence-electron chi connectivity index (χ2n) is 12.9. The minimum atomic E-state index is -2.98. The normalized spacial score (nSPS) is 11.3. The number of aryl methyl sites for hydroxylation is 8. The summed E-state index contributed by atoms with van der Waals surface area (Å²) < 4.78 is 6.00. The van der Waals surface area contributed by atoms with Crippen LogP contribution in [0.5, 0.6) is 0 Å². The van der Waals surface area contributed by atoms with Crippen molar-refractivity contribution in [3.05, 3.63) is 148 Å². The monoisotopic (exact) mass is 569 g/mol. The fraction of sp³-hybridized carbons (Fsp3) is 0.250. The number of para-hydroxylation sites is 1. The Morgan fingerprint density at radius 2 is 0.595 bits per heavy atom. The molecule has 0 aliphatic rings. The topological polar surface area (TPSA) is 4.44 Å². The zero-order valence-electron chi connectivity index (χ0n) is 27.4. The molecule has 0 heterocycles. The lowest BCUT2D eigenvalue weighted by Crippen LogP contribution is -3.00. The summed E-state index contributed by atoms with van der Waals surface area (Å²) in [4.78, 5) is 1.37. The van der Waals surface area contributed by atoms with Crippen LogP contribution in [-0.2, 0) is 0 Å². The molecule has 0 atom stereocenters. The van der Waals surface area contributed by atoms with Gasteiger partial charge in [0.05, 0.1) is 14.1 Å². The van der Waals surface area contributed by atoms with Gasteiger partial charge in [-0.1, -0.05) is 87.0 Å². The zero-order chi connectivity index (χ0) is 30.6. The highest BCUT2D eigenvalue weighted by Crippen LogP contribution is 2.17. The minimum Gasteiger partial charge on any atom is -0.307 e. The quantitative estimate of drug-likeness (QED) is 0.248. The van der Waals surface area contributed by atoms with Crippen LogP contribution in [0.3, 0.4) is 0 Å². The van der Waals surface area contributed by atoms with Gasteiger partial charge in [-0.05, 0) is 67.5 Å². The van der Waals surface area contributed by atoms with E-state index in [1.807, 2.05) is 6.07 Å². The molecule has 0 aliphatic carbocycles. The lowest BCUT2D eigenvalue weighted by molar-refractivity contribution is -0.786. The van der Waals surface area contributed by atoms with Gasteiger partial charge in [-0.3, -0.25) is 0 Å². The Bertz CT molecular complexity index is 1390. The Morgan fingerprint density at radius 3 is 0.786 bits per heavy atom. The summed E-state index contributed by atoms with van der Waals surface area (Å²) >= 11 is -2.98. The molecule has 0 aromatic heterocycles. The lowest BCUT2D eigenvalue weighted by atomic mass is 10.1. The molecular formula is C40H48AlN. The van der Waals surface area contributed by atoms with Crippen molar-refractivity contribution in [2.24, 2.45) is 0 Å². The highest BCUT2D eigenvalue weighted by atomic mass is 27.2. The molecule has 0 spiro atoms. The summed E-state index contributed by atoms with van der Waals surface area (Å²) in [5.74, 6) is 0. The molecule has 0 fully saturated rings. The summed E-state index contributed by atoms with van der Waals surface area (Å²) in [7, 11) is 4.24. The number of hydrogen-bond acceptors (Lipinski definition) is 0. The summed E-state index contributed by atoms with van der Waals surface area (Å²) in [6.07, 6.45) is 0. The van der Waals surface area contributed by atoms with Crippen molar-refractivity contribution >= 4 is 36.5 Å². The van der Waals surface area contributed by atoms with Crippen molar-refractivity contribution in [2.45, 2.75) is 55.4 Å². The second kappa shape index (κ2) is 13.3. The van der Waals surface area contributed by atoms with E-state index in [9.17, 15) is 0 Å². The van der Waals surface area contributed by atoms with E-state index in [0.717, 1.165) is 0 Å². The van der Waals surface area contributed by atoms with Crippen LogP contribution in [0.2, 0.25) is 0 Å². The van der Waals surface area contributed by atoms with Crippen molar-refractivity contribution in [2.75, 3.05) is 14.1 Å². The van der Waals surface area contributed by atoms with Crippen LogP contribution in [0.1, 0.15) is 44.5 Å². The van der Waals surface area contributed by atoms with E-state index in [4.69, 9.17) is 0 Å². The third-order valence-corrected chi connectivity index (χ3v) is 13.7. The number of rotatable bonds is 5. The second-order valence-corrected chi connectivity index (χ2v) is 17.3. The average Bonchev–Trinajstić information content (AvgIpc) is 2.88. The summed E-state index contributed by atoms with van der Waals surface area (Å²) in [5, 5.41) is 0. The maximum absolute atomic E-state index is 2.98. The van der Waals surface area contributed by atoms with Gasteiger partial charge in [0.1, 0.15) is 5.69 Å². The Kier molecular flexibility index (Phi) is 9.96. The SMILES string of the molecule is C[NH+](C)c1ccccc1.Cc1cc(C)c[c]([Al-]([c]2cc(C)cc(C)c2)([c]2cc(C)cc(C)c2)[c]2cc(C)cc(C)c2)c1. The van der Waals surface area contributed by atoms with E-state index in [1.54, 1.807) is 0 Å². The van der Waals surface area contributed by atoms with E-state index >= 15 is 0 Å². The number of quaternary nitrogens is 1. The van der Waals surface area contributed by atoms with Crippen molar-refractivity contribution < 1.29 is 4.90 Å². The van der Waals surface area contributed by atoms with Gasteiger partial charge in [-0.2, -0.15) is 0 Å². The lowest BCUT2D eigenvalue weighted by Gasteiger charge is -2.42.